The minimum atomic E-state index is -1.40. The van der Waals surface area contributed by atoms with Crippen LogP contribution < -0.4 is 10.2 Å². The van der Waals surface area contributed by atoms with Gasteiger partial charge in [-0.3, -0.25) is 0 Å². The van der Waals surface area contributed by atoms with Crippen molar-refractivity contribution in [3.8, 4) is 0 Å². The molecule has 0 rings (SSSR count). The first kappa shape index (κ1) is 37.0. The van der Waals surface area contributed by atoms with Crippen molar-refractivity contribution in [2.75, 3.05) is 6.61 Å². The summed E-state index contributed by atoms with van der Waals surface area (Å²) in [6.45, 7) is 4.56. The maximum absolute atomic E-state index is 10.6. The van der Waals surface area contributed by atoms with Gasteiger partial charge in [0.15, 0.2) is 0 Å². The van der Waals surface area contributed by atoms with Crippen molar-refractivity contribution < 1.29 is 29.3 Å². The third-order valence-corrected chi connectivity index (χ3v) is 5.08. The maximum atomic E-state index is 10.6. The Morgan fingerprint density at radius 3 is 1.36 bits per heavy atom. The van der Waals surface area contributed by atoms with E-state index in [1.165, 1.54) is 83.5 Å². The molecule has 0 aliphatic rings. The van der Waals surface area contributed by atoms with Gasteiger partial charge in [0, 0.05) is 12.0 Å². The molecule has 33 heavy (non-hydrogen) atoms. The van der Waals surface area contributed by atoms with Crippen LogP contribution in [0.1, 0.15) is 129 Å². The Labute approximate surface area is 231 Å². The molecular weight excluding hydrogens is 448 g/mol. The van der Waals surface area contributed by atoms with E-state index in [1.807, 2.05) is 6.92 Å². The van der Waals surface area contributed by atoms with Crippen LogP contribution in [0, 0.1) is 0 Å². The van der Waals surface area contributed by atoms with Crippen LogP contribution in [0.15, 0.2) is 12.2 Å². The summed E-state index contributed by atoms with van der Waals surface area (Å²) in [6, 6.07) is 0. The number of ether oxygens (including phenoxy) is 1. The van der Waals surface area contributed by atoms with Crippen LogP contribution in [0.3, 0.4) is 0 Å². The van der Waals surface area contributed by atoms with Gasteiger partial charge in [-0.25, -0.2) is 4.79 Å². The third kappa shape index (κ3) is 39.0. The van der Waals surface area contributed by atoms with E-state index in [4.69, 9.17) is 0 Å². The number of carbonyl (C=O) groups is 3. The van der Waals surface area contributed by atoms with Crippen LogP contribution in [0.5, 0.6) is 0 Å². The summed E-state index contributed by atoms with van der Waals surface area (Å²) < 4.78 is 4.62. The summed E-state index contributed by atoms with van der Waals surface area (Å²) in [7, 11) is 0. The molecule has 0 aromatic heterocycles. The van der Waals surface area contributed by atoms with Crippen LogP contribution in [0.2, 0.25) is 0 Å². The van der Waals surface area contributed by atoms with Crippen molar-refractivity contribution in [1.29, 1.82) is 0 Å². The van der Waals surface area contributed by atoms with Crippen LogP contribution in [0.4, 0.5) is 0 Å². The Hall–Kier alpha value is -0.590. The fourth-order valence-electron chi connectivity index (χ4n) is 3.14. The van der Waals surface area contributed by atoms with E-state index in [0.717, 1.165) is 31.8 Å². The van der Waals surface area contributed by atoms with Crippen molar-refractivity contribution in [1.82, 2.24) is 0 Å². The van der Waals surface area contributed by atoms with Crippen LogP contribution in [0.25, 0.3) is 0 Å². The second-order valence-electron chi connectivity index (χ2n) is 8.25. The number of carboxylic acid groups (broad SMARTS) is 2. The van der Waals surface area contributed by atoms with Crippen molar-refractivity contribution >= 4 is 55.6 Å². The molecule has 0 radical (unpaired) electrons. The Morgan fingerprint density at radius 1 is 0.606 bits per heavy atom. The summed E-state index contributed by atoms with van der Waals surface area (Å²) in [4.78, 5) is 30.7. The van der Waals surface area contributed by atoms with Gasteiger partial charge in [0.25, 0.3) is 0 Å². The second kappa shape index (κ2) is 31.4. The molecule has 0 aliphatic carbocycles. The van der Waals surface area contributed by atoms with Gasteiger partial charge >= 0.3 is 43.7 Å². The van der Waals surface area contributed by atoms with Gasteiger partial charge in [-0.1, -0.05) is 110 Å². The molecule has 6 nitrogen and oxygen atoms in total. The number of esters is 1. The fourth-order valence-corrected chi connectivity index (χ4v) is 3.14. The zero-order chi connectivity index (χ0) is 24.3. The van der Waals surface area contributed by atoms with Gasteiger partial charge in [0.2, 0.25) is 0 Å². The maximum Gasteiger partial charge on any atom is 2.00 e. The molecule has 0 saturated carbocycles. The molecular formula is C26H46CaO6. The molecule has 188 valence electrons. The second-order valence-corrected chi connectivity index (χ2v) is 8.25. The Kier molecular flexibility index (Phi) is 35.2. The summed E-state index contributed by atoms with van der Waals surface area (Å²) in [5, 5.41) is 20.1. The van der Waals surface area contributed by atoms with Gasteiger partial charge in [-0.2, -0.15) is 0 Å². The van der Waals surface area contributed by atoms with Crippen LogP contribution in [-0.4, -0.2) is 62.3 Å². The number of hydrogen-bond acceptors (Lipinski definition) is 6. The molecule has 0 saturated heterocycles. The predicted octanol–water partition coefficient (Wildman–Crippen LogP) is 4.25. The number of carboxylic acids is 2. The predicted molar refractivity (Wildman–Crippen MR) is 130 cm³/mol. The minimum Gasteiger partial charge on any atom is -0.550 e. The molecule has 7 heteroatoms. The van der Waals surface area contributed by atoms with Crippen molar-refractivity contribution in [2.45, 2.75) is 129 Å². The first-order valence-corrected chi connectivity index (χ1v) is 12.7. The minimum absolute atomic E-state index is 0. The van der Waals surface area contributed by atoms with Gasteiger partial charge < -0.3 is 24.5 Å². The van der Waals surface area contributed by atoms with Crippen LogP contribution in [-0.2, 0) is 19.1 Å². The van der Waals surface area contributed by atoms with Crippen LogP contribution >= 0.6 is 0 Å². The monoisotopic (exact) mass is 494 g/mol. The smallest absolute Gasteiger partial charge is 0.550 e. The first-order valence-electron chi connectivity index (χ1n) is 12.7. The standard InChI is InChI=1S/C18H36O2.C8H12O4.Ca/c1-2-3-4-5-6-7-8-9-10-11-12-13-14-15-16-17-18(19)20;1-2-3-6-12-8(11)5-4-7(9)10;/h2-17H2,1H3,(H,19,20);4-5H,2-3,6H2,1H3,(H,9,10);/q;;+2/p-2/b;5-4-;. The summed E-state index contributed by atoms with van der Waals surface area (Å²) >= 11 is 0. The zero-order valence-electron chi connectivity index (χ0n) is 21.2. The third-order valence-electron chi connectivity index (χ3n) is 5.08. The van der Waals surface area contributed by atoms with E-state index in [1.54, 1.807) is 0 Å². The zero-order valence-corrected chi connectivity index (χ0v) is 23.5. The van der Waals surface area contributed by atoms with Gasteiger partial charge in [-0.15, -0.1) is 0 Å². The molecule has 0 aromatic carbocycles. The normalized spacial score (nSPS) is 10.2. The largest absolute Gasteiger partial charge is 2.00 e. The molecule has 0 spiro atoms. The molecule has 0 heterocycles. The van der Waals surface area contributed by atoms with Gasteiger partial charge in [0.1, 0.15) is 0 Å². The Morgan fingerprint density at radius 2 is 1.00 bits per heavy atom. The summed E-state index contributed by atoms with van der Waals surface area (Å²) in [5.74, 6) is -2.95. The Bertz CT molecular complexity index is 479. The molecule has 0 unspecified atom stereocenters. The van der Waals surface area contributed by atoms with E-state index < -0.39 is 17.9 Å². The number of carbonyl (C=O) groups excluding carboxylic acids is 3. The molecule has 0 fully saturated rings. The average molecular weight is 495 g/mol. The number of rotatable bonds is 21. The summed E-state index contributed by atoms with van der Waals surface area (Å²) in [5.41, 5.74) is 0. The van der Waals surface area contributed by atoms with E-state index >= 15 is 0 Å². The molecule has 0 N–H and O–H groups in total. The van der Waals surface area contributed by atoms with Crippen molar-refractivity contribution in [3.05, 3.63) is 12.2 Å². The number of unbranched alkanes of at least 4 members (excludes halogenated alkanes) is 15. The van der Waals surface area contributed by atoms with E-state index in [-0.39, 0.29) is 44.2 Å². The molecule has 0 atom stereocenters. The molecule has 0 aromatic rings. The Balaban J connectivity index is -0.000000596. The molecule has 0 aliphatic heterocycles. The summed E-state index contributed by atoms with van der Waals surface area (Å²) in [6.07, 6.45) is 23.1. The van der Waals surface area contributed by atoms with E-state index in [0.29, 0.717) is 12.7 Å². The van der Waals surface area contributed by atoms with E-state index in [2.05, 4.69) is 11.7 Å². The average Bonchev–Trinajstić information content (AvgIpc) is 2.75. The van der Waals surface area contributed by atoms with Crippen molar-refractivity contribution in [3.63, 3.8) is 0 Å². The van der Waals surface area contributed by atoms with Gasteiger partial charge in [0.05, 0.1) is 12.6 Å². The number of aliphatic carboxylic acids is 2. The van der Waals surface area contributed by atoms with Crippen molar-refractivity contribution in [2.24, 2.45) is 0 Å². The quantitative estimate of drug-likeness (QED) is 0.102. The topological polar surface area (TPSA) is 107 Å². The SMILES string of the molecule is CCCCCCCCCCCCCCCCCC(=O)[O-].CCCCOC(=O)/C=C\C(=O)[O-].[Ca+2]. The number of hydrogen-bond donors (Lipinski definition) is 0. The van der Waals surface area contributed by atoms with Gasteiger partial charge in [-0.05, 0) is 25.3 Å². The first-order chi connectivity index (χ1) is 15.4. The fraction of sp³-hybridized carbons (Fsp3) is 0.808. The molecule has 0 bridgehead atoms. The van der Waals surface area contributed by atoms with E-state index in [9.17, 15) is 24.6 Å². The molecule has 0 amide bonds.